The molecular formula is C24H41N3O7. The number of aliphatic hydroxyl groups excluding tert-OH is 3. The average molecular weight is 484 g/mol. The molecule has 0 spiro atoms. The van der Waals surface area contributed by atoms with Gasteiger partial charge in [0.1, 0.15) is 11.8 Å². The molecule has 10 nitrogen and oxygen atoms in total. The number of nitrogens with one attached hydrogen (secondary N) is 1. The van der Waals surface area contributed by atoms with Crippen molar-refractivity contribution in [3.05, 3.63) is 38.4 Å². The third-order valence-electron chi connectivity index (χ3n) is 6.09. The Morgan fingerprint density at radius 3 is 1.85 bits per heavy atom. The Morgan fingerprint density at radius 2 is 1.38 bits per heavy atom. The van der Waals surface area contributed by atoms with Crippen LogP contribution in [0.5, 0.6) is 0 Å². The maximum Gasteiger partial charge on any atom is 0.299 e. The molecule has 0 bridgehead atoms. The topological polar surface area (TPSA) is 159 Å². The van der Waals surface area contributed by atoms with E-state index in [1.807, 2.05) is 0 Å². The van der Waals surface area contributed by atoms with E-state index in [0.717, 1.165) is 43.9 Å². The lowest BCUT2D eigenvalue weighted by Gasteiger charge is -2.27. The fraction of sp³-hybridized carbons (Fsp3) is 0.750. The number of nitro groups is 2. The minimum absolute atomic E-state index is 0.0775. The second-order valence-corrected chi connectivity index (χ2v) is 8.88. The van der Waals surface area contributed by atoms with Gasteiger partial charge in [-0.25, -0.2) is 0 Å². The van der Waals surface area contributed by atoms with Crippen molar-refractivity contribution in [2.24, 2.45) is 0 Å². The molecule has 1 aromatic carbocycles. The van der Waals surface area contributed by atoms with Gasteiger partial charge in [0.05, 0.1) is 34.7 Å². The van der Waals surface area contributed by atoms with Crippen LogP contribution in [0.2, 0.25) is 0 Å². The standard InChI is InChI=1S/C24H41N3O7/c1-2-3-4-5-6-7-8-9-10-11-12-13-14-23(29)24(30)21(18-28)25-20-16-15-19(26(31)32)17-22(20)27(33)34/h15-17,21,23-25,28-30H,2-14,18H2,1H3/t21-,23+,24-/m0/s1. The molecule has 0 amide bonds. The van der Waals surface area contributed by atoms with Gasteiger partial charge >= 0.3 is 0 Å². The summed E-state index contributed by atoms with van der Waals surface area (Å²) < 4.78 is 0. The SMILES string of the molecule is CCCCCCCCCCCCCC[C@@H](O)[C@@H](O)[C@H](CO)Nc1ccc([N+](=O)[O-])cc1[N+](=O)[O-]. The minimum atomic E-state index is -1.35. The molecule has 0 radical (unpaired) electrons. The molecule has 0 aliphatic rings. The molecule has 1 aromatic rings. The molecule has 0 unspecified atom stereocenters. The number of aliphatic hydroxyl groups is 3. The third kappa shape index (κ3) is 11.2. The van der Waals surface area contributed by atoms with Crippen LogP contribution < -0.4 is 5.32 Å². The predicted octanol–water partition coefficient (Wildman–Crippen LogP) is 5.09. The van der Waals surface area contributed by atoms with Crippen molar-refractivity contribution in [3.63, 3.8) is 0 Å². The van der Waals surface area contributed by atoms with Gasteiger partial charge in [-0.1, -0.05) is 84.0 Å². The summed E-state index contributed by atoms with van der Waals surface area (Å²) in [5.74, 6) is 0. The number of nitrogens with zero attached hydrogens (tertiary/aromatic N) is 2. The van der Waals surface area contributed by atoms with Crippen LogP contribution >= 0.6 is 0 Å². The van der Waals surface area contributed by atoms with Gasteiger partial charge in [0.25, 0.3) is 11.4 Å². The summed E-state index contributed by atoms with van der Waals surface area (Å²) in [7, 11) is 0. The number of benzene rings is 1. The quantitative estimate of drug-likeness (QED) is 0.113. The predicted molar refractivity (Wildman–Crippen MR) is 132 cm³/mol. The highest BCUT2D eigenvalue weighted by Gasteiger charge is 2.28. The van der Waals surface area contributed by atoms with Crippen LogP contribution in [-0.4, -0.2) is 50.0 Å². The summed E-state index contributed by atoms with van der Waals surface area (Å²) in [5, 5.41) is 55.2. The van der Waals surface area contributed by atoms with E-state index in [1.54, 1.807) is 0 Å². The second-order valence-electron chi connectivity index (χ2n) is 8.88. The molecule has 0 aliphatic carbocycles. The minimum Gasteiger partial charge on any atom is -0.394 e. The Balaban J connectivity index is 2.37. The summed E-state index contributed by atoms with van der Waals surface area (Å²) in [6.45, 7) is 1.64. The van der Waals surface area contributed by atoms with E-state index in [0.29, 0.717) is 6.42 Å². The maximum atomic E-state index is 11.3. The van der Waals surface area contributed by atoms with Crippen LogP contribution in [0.1, 0.15) is 90.4 Å². The zero-order valence-electron chi connectivity index (χ0n) is 20.2. The van der Waals surface area contributed by atoms with Gasteiger partial charge in [0.2, 0.25) is 0 Å². The van der Waals surface area contributed by atoms with E-state index < -0.39 is 46.1 Å². The highest BCUT2D eigenvalue weighted by molar-refractivity contribution is 5.65. The number of non-ortho nitro benzene ring substituents is 1. The van der Waals surface area contributed by atoms with Crippen LogP contribution in [0, 0.1) is 20.2 Å². The lowest BCUT2D eigenvalue weighted by molar-refractivity contribution is -0.393. The second kappa shape index (κ2) is 17.2. The molecule has 0 saturated carbocycles. The van der Waals surface area contributed by atoms with E-state index in [4.69, 9.17) is 0 Å². The first kappa shape index (κ1) is 29.7. The first-order valence-electron chi connectivity index (χ1n) is 12.5. The normalized spacial score (nSPS) is 13.9. The Kier molecular flexibility index (Phi) is 15.0. The molecular weight excluding hydrogens is 442 g/mol. The number of unbranched alkanes of at least 4 members (excludes halogenated alkanes) is 11. The molecule has 194 valence electrons. The number of nitro benzene ring substituents is 2. The number of hydrogen-bond donors (Lipinski definition) is 4. The Morgan fingerprint density at radius 1 is 0.853 bits per heavy atom. The molecule has 0 fully saturated rings. The van der Waals surface area contributed by atoms with Gasteiger partial charge in [-0.2, -0.15) is 0 Å². The van der Waals surface area contributed by atoms with Crippen molar-refractivity contribution in [3.8, 4) is 0 Å². The van der Waals surface area contributed by atoms with Crippen molar-refractivity contribution < 1.29 is 25.2 Å². The summed E-state index contributed by atoms with van der Waals surface area (Å²) in [6, 6.07) is 2.00. The molecule has 0 saturated heterocycles. The van der Waals surface area contributed by atoms with Crippen LogP contribution in [0.15, 0.2) is 18.2 Å². The van der Waals surface area contributed by atoms with Gasteiger partial charge in [0.15, 0.2) is 0 Å². The largest absolute Gasteiger partial charge is 0.394 e. The molecule has 0 heterocycles. The fourth-order valence-corrected chi connectivity index (χ4v) is 3.98. The first-order valence-corrected chi connectivity index (χ1v) is 12.5. The van der Waals surface area contributed by atoms with Crippen molar-refractivity contribution in [1.82, 2.24) is 0 Å². The van der Waals surface area contributed by atoms with Gasteiger partial charge in [-0.15, -0.1) is 0 Å². The average Bonchev–Trinajstić information content (AvgIpc) is 2.82. The van der Waals surface area contributed by atoms with Crippen LogP contribution in [0.25, 0.3) is 0 Å². The highest BCUT2D eigenvalue weighted by Crippen LogP contribution is 2.30. The molecule has 34 heavy (non-hydrogen) atoms. The molecule has 10 heteroatoms. The Hall–Kier alpha value is -2.30. The molecule has 0 aliphatic heterocycles. The molecule has 3 atom stereocenters. The zero-order valence-corrected chi connectivity index (χ0v) is 20.2. The Bertz CT molecular complexity index is 733. The number of anilines is 1. The van der Waals surface area contributed by atoms with E-state index in [1.165, 1.54) is 51.4 Å². The molecule has 0 aromatic heterocycles. The Labute approximate surface area is 201 Å². The van der Waals surface area contributed by atoms with Crippen LogP contribution in [0.3, 0.4) is 0 Å². The lowest BCUT2D eigenvalue weighted by Crippen LogP contribution is -2.44. The summed E-state index contributed by atoms with van der Waals surface area (Å²) in [4.78, 5) is 20.6. The zero-order chi connectivity index (χ0) is 25.3. The van der Waals surface area contributed by atoms with Crippen molar-refractivity contribution in [2.75, 3.05) is 11.9 Å². The van der Waals surface area contributed by atoms with Crippen molar-refractivity contribution in [2.45, 2.75) is 109 Å². The van der Waals surface area contributed by atoms with Gasteiger partial charge in [-0.3, -0.25) is 20.2 Å². The van der Waals surface area contributed by atoms with E-state index in [9.17, 15) is 35.5 Å². The van der Waals surface area contributed by atoms with E-state index in [2.05, 4.69) is 12.2 Å². The van der Waals surface area contributed by atoms with Gasteiger partial charge < -0.3 is 20.6 Å². The molecule has 1 rings (SSSR count). The lowest BCUT2D eigenvalue weighted by atomic mass is 9.99. The smallest absolute Gasteiger partial charge is 0.299 e. The van der Waals surface area contributed by atoms with Crippen LogP contribution in [0.4, 0.5) is 17.1 Å². The maximum absolute atomic E-state index is 11.3. The van der Waals surface area contributed by atoms with E-state index >= 15 is 0 Å². The number of rotatable bonds is 20. The van der Waals surface area contributed by atoms with Crippen LogP contribution in [-0.2, 0) is 0 Å². The molecule has 4 N–H and O–H groups in total. The van der Waals surface area contributed by atoms with E-state index in [-0.39, 0.29) is 5.69 Å². The summed E-state index contributed by atoms with van der Waals surface area (Å²) in [5.41, 5.74) is -1.06. The summed E-state index contributed by atoms with van der Waals surface area (Å²) >= 11 is 0. The monoisotopic (exact) mass is 483 g/mol. The third-order valence-corrected chi connectivity index (χ3v) is 6.09. The van der Waals surface area contributed by atoms with Gasteiger partial charge in [0, 0.05) is 6.07 Å². The highest BCUT2D eigenvalue weighted by atomic mass is 16.6. The summed E-state index contributed by atoms with van der Waals surface area (Å²) in [6.07, 6.45) is 12.1. The number of hydrogen-bond acceptors (Lipinski definition) is 8. The fourth-order valence-electron chi connectivity index (χ4n) is 3.98. The van der Waals surface area contributed by atoms with Crippen molar-refractivity contribution >= 4 is 17.1 Å². The van der Waals surface area contributed by atoms with Gasteiger partial charge in [-0.05, 0) is 12.5 Å². The first-order chi connectivity index (χ1) is 16.3. The van der Waals surface area contributed by atoms with Crippen molar-refractivity contribution in [1.29, 1.82) is 0 Å².